The van der Waals surface area contributed by atoms with Crippen LogP contribution in [-0.4, -0.2) is 0 Å². The predicted molar refractivity (Wildman–Crippen MR) is 87.1 cm³/mol. The van der Waals surface area contributed by atoms with Gasteiger partial charge in [0.15, 0.2) is 0 Å². The van der Waals surface area contributed by atoms with Crippen LogP contribution < -0.4 is 0 Å². The largest absolute Gasteiger partial charge is 0.0654 e. The SMILES string of the molecule is CCCCCCc1cccc2c1CCc1ccccc1-2. The summed E-state index contributed by atoms with van der Waals surface area (Å²) in [5.74, 6) is 0. The first-order valence-electron chi connectivity index (χ1n) is 8.09. The number of hydrogen-bond donors (Lipinski definition) is 0. The minimum Gasteiger partial charge on any atom is -0.0654 e. The van der Waals surface area contributed by atoms with Gasteiger partial charge in [-0.3, -0.25) is 0 Å². The van der Waals surface area contributed by atoms with E-state index in [9.17, 15) is 0 Å². The summed E-state index contributed by atoms with van der Waals surface area (Å²) in [5, 5.41) is 0. The second-order valence-electron chi connectivity index (χ2n) is 5.91. The van der Waals surface area contributed by atoms with Gasteiger partial charge in [0, 0.05) is 0 Å². The van der Waals surface area contributed by atoms with Crippen LogP contribution >= 0.6 is 0 Å². The Balaban J connectivity index is 1.86. The summed E-state index contributed by atoms with van der Waals surface area (Å²) in [4.78, 5) is 0. The van der Waals surface area contributed by atoms with Crippen LogP contribution in [0.5, 0.6) is 0 Å². The summed E-state index contributed by atoms with van der Waals surface area (Å²) in [5.41, 5.74) is 7.67. The Kier molecular flexibility index (Phi) is 4.20. The zero-order valence-corrected chi connectivity index (χ0v) is 12.5. The Hall–Kier alpha value is -1.56. The zero-order valence-electron chi connectivity index (χ0n) is 12.5. The van der Waals surface area contributed by atoms with E-state index in [0.29, 0.717) is 0 Å². The highest BCUT2D eigenvalue weighted by Gasteiger charge is 2.17. The van der Waals surface area contributed by atoms with Crippen molar-refractivity contribution < 1.29 is 0 Å². The normalized spacial score (nSPS) is 12.8. The molecule has 1 aliphatic carbocycles. The molecule has 1 aliphatic rings. The van der Waals surface area contributed by atoms with Gasteiger partial charge in [0.2, 0.25) is 0 Å². The second-order valence-corrected chi connectivity index (χ2v) is 5.91. The third-order valence-corrected chi connectivity index (χ3v) is 4.52. The molecule has 0 aliphatic heterocycles. The minimum absolute atomic E-state index is 1.20. The molecule has 0 amide bonds. The van der Waals surface area contributed by atoms with Crippen molar-refractivity contribution in [2.45, 2.75) is 51.9 Å². The number of unbranched alkanes of at least 4 members (excludes halogenated alkanes) is 3. The highest BCUT2D eigenvalue weighted by molar-refractivity contribution is 5.74. The Labute approximate surface area is 122 Å². The molecule has 0 aromatic heterocycles. The molecule has 0 heterocycles. The van der Waals surface area contributed by atoms with E-state index in [1.54, 1.807) is 11.1 Å². The zero-order chi connectivity index (χ0) is 13.8. The van der Waals surface area contributed by atoms with E-state index in [-0.39, 0.29) is 0 Å². The van der Waals surface area contributed by atoms with Gasteiger partial charge in [-0.25, -0.2) is 0 Å². The van der Waals surface area contributed by atoms with E-state index in [2.05, 4.69) is 49.4 Å². The third-order valence-electron chi connectivity index (χ3n) is 4.52. The number of fused-ring (bicyclic) bond motifs is 3. The molecule has 0 unspecified atom stereocenters. The van der Waals surface area contributed by atoms with Crippen LogP contribution in [0.3, 0.4) is 0 Å². The number of benzene rings is 2. The van der Waals surface area contributed by atoms with Crippen LogP contribution in [0.25, 0.3) is 11.1 Å². The molecule has 0 nitrogen and oxygen atoms in total. The van der Waals surface area contributed by atoms with Crippen LogP contribution in [0.15, 0.2) is 42.5 Å². The van der Waals surface area contributed by atoms with E-state index in [1.165, 1.54) is 61.6 Å². The number of aryl methyl sites for hydroxylation is 2. The smallest absolute Gasteiger partial charge is 0.0146 e. The fraction of sp³-hybridized carbons (Fsp3) is 0.400. The Morgan fingerprint density at radius 1 is 0.800 bits per heavy atom. The van der Waals surface area contributed by atoms with Crippen molar-refractivity contribution in [3.63, 3.8) is 0 Å². The topological polar surface area (TPSA) is 0 Å². The van der Waals surface area contributed by atoms with E-state index in [0.717, 1.165) is 0 Å². The highest BCUT2D eigenvalue weighted by Crippen LogP contribution is 2.35. The average molecular weight is 264 g/mol. The number of rotatable bonds is 5. The molecule has 3 rings (SSSR count). The molecule has 2 aromatic carbocycles. The van der Waals surface area contributed by atoms with E-state index in [1.807, 2.05) is 0 Å². The summed E-state index contributed by atoms with van der Waals surface area (Å²) < 4.78 is 0. The van der Waals surface area contributed by atoms with Crippen LogP contribution in [0.1, 0.15) is 49.3 Å². The summed E-state index contributed by atoms with van der Waals surface area (Å²) in [7, 11) is 0. The van der Waals surface area contributed by atoms with Crippen LogP contribution in [-0.2, 0) is 19.3 Å². The lowest BCUT2D eigenvalue weighted by molar-refractivity contribution is 0.664. The summed E-state index contributed by atoms with van der Waals surface area (Å²) >= 11 is 0. The van der Waals surface area contributed by atoms with Gasteiger partial charge < -0.3 is 0 Å². The first-order chi connectivity index (χ1) is 9.90. The van der Waals surface area contributed by atoms with Crippen molar-refractivity contribution >= 4 is 0 Å². The number of hydrogen-bond acceptors (Lipinski definition) is 0. The van der Waals surface area contributed by atoms with Crippen molar-refractivity contribution in [3.8, 4) is 11.1 Å². The van der Waals surface area contributed by atoms with Crippen LogP contribution in [0, 0.1) is 0 Å². The second kappa shape index (κ2) is 6.26. The maximum Gasteiger partial charge on any atom is -0.0146 e. The van der Waals surface area contributed by atoms with Crippen molar-refractivity contribution in [1.82, 2.24) is 0 Å². The molecular weight excluding hydrogens is 240 g/mol. The molecule has 0 N–H and O–H groups in total. The summed E-state index contributed by atoms with van der Waals surface area (Å²) in [6, 6.07) is 15.8. The first kappa shape index (κ1) is 13.4. The van der Waals surface area contributed by atoms with Crippen molar-refractivity contribution in [2.75, 3.05) is 0 Å². The third kappa shape index (κ3) is 2.65. The molecule has 0 saturated heterocycles. The van der Waals surface area contributed by atoms with Crippen molar-refractivity contribution in [2.24, 2.45) is 0 Å². The van der Waals surface area contributed by atoms with Gasteiger partial charge in [-0.2, -0.15) is 0 Å². The van der Waals surface area contributed by atoms with Crippen LogP contribution in [0.4, 0.5) is 0 Å². The molecule has 0 bridgehead atoms. The van der Waals surface area contributed by atoms with Crippen LogP contribution in [0.2, 0.25) is 0 Å². The molecule has 104 valence electrons. The van der Waals surface area contributed by atoms with Gasteiger partial charge in [-0.1, -0.05) is 68.7 Å². The van der Waals surface area contributed by atoms with Gasteiger partial charge in [-0.15, -0.1) is 0 Å². The average Bonchev–Trinajstić information content (AvgIpc) is 2.51. The molecule has 0 saturated carbocycles. The molecule has 20 heavy (non-hydrogen) atoms. The Morgan fingerprint density at radius 3 is 2.55 bits per heavy atom. The van der Waals surface area contributed by atoms with Crippen molar-refractivity contribution in [1.29, 1.82) is 0 Å². The first-order valence-corrected chi connectivity index (χ1v) is 8.09. The lowest BCUT2D eigenvalue weighted by atomic mass is 9.82. The lowest BCUT2D eigenvalue weighted by Gasteiger charge is -2.22. The monoisotopic (exact) mass is 264 g/mol. The van der Waals surface area contributed by atoms with Crippen molar-refractivity contribution in [3.05, 3.63) is 59.2 Å². The van der Waals surface area contributed by atoms with Gasteiger partial charge >= 0.3 is 0 Å². The van der Waals surface area contributed by atoms with Gasteiger partial charge in [0.1, 0.15) is 0 Å². The molecule has 0 radical (unpaired) electrons. The van der Waals surface area contributed by atoms with Gasteiger partial charge in [0.05, 0.1) is 0 Å². The van der Waals surface area contributed by atoms with Gasteiger partial charge in [0.25, 0.3) is 0 Å². The van der Waals surface area contributed by atoms with Gasteiger partial charge in [-0.05, 0) is 53.5 Å². The van der Waals surface area contributed by atoms with E-state index in [4.69, 9.17) is 0 Å². The summed E-state index contributed by atoms with van der Waals surface area (Å²) in [6.07, 6.45) is 9.08. The molecule has 0 atom stereocenters. The molecule has 0 spiro atoms. The minimum atomic E-state index is 1.20. The Bertz CT molecular complexity index is 580. The van der Waals surface area contributed by atoms with E-state index >= 15 is 0 Å². The highest BCUT2D eigenvalue weighted by atomic mass is 14.2. The lowest BCUT2D eigenvalue weighted by Crippen LogP contribution is -2.07. The Morgan fingerprint density at radius 2 is 1.65 bits per heavy atom. The molecule has 0 heteroatoms. The molecule has 0 fully saturated rings. The quantitative estimate of drug-likeness (QED) is 0.619. The molecule has 2 aromatic rings. The standard InChI is InChI=1S/C20H24/c1-2-3-4-5-9-16-11-8-13-20-18-12-7-6-10-17(18)14-15-19(16)20/h6-8,10-13H,2-5,9,14-15H2,1H3. The molecular formula is C20H24. The fourth-order valence-electron chi connectivity index (χ4n) is 3.42. The summed E-state index contributed by atoms with van der Waals surface area (Å²) in [6.45, 7) is 2.28. The maximum atomic E-state index is 2.35. The van der Waals surface area contributed by atoms with E-state index < -0.39 is 0 Å². The fourth-order valence-corrected chi connectivity index (χ4v) is 3.42. The maximum absolute atomic E-state index is 2.35. The predicted octanol–water partition coefficient (Wildman–Crippen LogP) is 5.58.